The van der Waals surface area contributed by atoms with Gasteiger partial charge in [0.1, 0.15) is 5.56 Å². The van der Waals surface area contributed by atoms with E-state index < -0.39 is 12.1 Å². The molecule has 0 aliphatic heterocycles. The lowest BCUT2D eigenvalue weighted by Crippen LogP contribution is -2.37. The first-order chi connectivity index (χ1) is 11.5. The molecule has 24 heavy (non-hydrogen) atoms. The summed E-state index contributed by atoms with van der Waals surface area (Å²) in [5.41, 5.74) is 0.631. The first-order valence-electron chi connectivity index (χ1n) is 7.35. The third-order valence-electron chi connectivity index (χ3n) is 3.54. The van der Waals surface area contributed by atoms with E-state index in [1.807, 2.05) is 18.2 Å². The van der Waals surface area contributed by atoms with Crippen LogP contribution in [0.3, 0.4) is 0 Å². The number of methoxy groups -OCH3 is 1. The molecule has 0 saturated carbocycles. The first kappa shape index (κ1) is 17.3. The van der Waals surface area contributed by atoms with Gasteiger partial charge in [-0.05, 0) is 31.2 Å². The van der Waals surface area contributed by atoms with Gasteiger partial charge in [0.25, 0.3) is 5.91 Å². The Balaban J connectivity index is 2.10. The van der Waals surface area contributed by atoms with Crippen molar-refractivity contribution in [3.63, 3.8) is 0 Å². The number of benzene rings is 2. The minimum Gasteiger partial charge on any atom is -0.504 e. The molecule has 0 saturated heterocycles. The van der Waals surface area contributed by atoms with E-state index in [2.05, 4.69) is 0 Å². The summed E-state index contributed by atoms with van der Waals surface area (Å²) in [6, 6.07) is 13.5. The fraction of sp³-hybridized carbons (Fsp3) is 0.222. The Morgan fingerprint density at radius 1 is 1.08 bits per heavy atom. The van der Waals surface area contributed by atoms with Gasteiger partial charge in [-0.2, -0.15) is 0 Å². The van der Waals surface area contributed by atoms with Crippen molar-refractivity contribution < 1.29 is 24.2 Å². The van der Waals surface area contributed by atoms with E-state index in [1.54, 1.807) is 25.2 Å². The third kappa shape index (κ3) is 3.65. The summed E-state index contributed by atoms with van der Waals surface area (Å²) >= 11 is 0. The largest absolute Gasteiger partial charge is 0.504 e. The summed E-state index contributed by atoms with van der Waals surface area (Å²) in [6.45, 7) is 1.48. The molecule has 0 spiro atoms. The van der Waals surface area contributed by atoms with Crippen LogP contribution in [0.15, 0.2) is 48.5 Å². The normalized spacial score (nSPS) is 11.5. The Morgan fingerprint density at radius 2 is 1.75 bits per heavy atom. The molecule has 2 aromatic carbocycles. The number of nitrogens with zero attached hydrogens (tertiary/aromatic N) is 1. The Morgan fingerprint density at radius 3 is 2.38 bits per heavy atom. The first-order valence-corrected chi connectivity index (χ1v) is 7.35. The molecule has 0 heterocycles. The van der Waals surface area contributed by atoms with Gasteiger partial charge in [-0.15, -0.1) is 0 Å². The number of aromatic hydroxyl groups is 1. The van der Waals surface area contributed by atoms with Gasteiger partial charge in [0, 0.05) is 12.7 Å². The molecule has 0 radical (unpaired) electrons. The molecule has 0 fully saturated rings. The van der Waals surface area contributed by atoms with E-state index in [4.69, 9.17) is 9.47 Å². The van der Waals surface area contributed by atoms with Gasteiger partial charge in [-0.3, -0.25) is 4.79 Å². The van der Waals surface area contributed by atoms with E-state index in [-0.39, 0.29) is 23.0 Å². The molecule has 2 rings (SSSR count). The van der Waals surface area contributed by atoms with Crippen LogP contribution in [0.1, 0.15) is 17.3 Å². The van der Waals surface area contributed by atoms with E-state index in [0.717, 1.165) is 0 Å². The highest BCUT2D eigenvalue weighted by atomic mass is 16.5. The SMILES string of the molecule is COc1cccc(C(=O)OC(C)C(=O)N(C)c2ccccc2)c1O. The summed E-state index contributed by atoms with van der Waals surface area (Å²) in [6.07, 6.45) is -1.01. The van der Waals surface area contributed by atoms with Crippen LogP contribution < -0.4 is 9.64 Å². The van der Waals surface area contributed by atoms with Gasteiger partial charge in [-0.25, -0.2) is 4.79 Å². The number of phenolic OH excluding ortho intramolecular Hbond substituents is 1. The molecule has 126 valence electrons. The van der Waals surface area contributed by atoms with Crippen LogP contribution in [-0.2, 0) is 9.53 Å². The highest BCUT2D eigenvalue weighted by molar-refractivity contribution is 5.99. The summed E-state index contributed by atoms with van der Waals surface area (Å²) in [5.74, 6) is -1.34. The lowest BCUT2D eigenvalue weighted by Gasteiger charge is -2.21. The summed E-state index contributed by atoms with van der Waals surface area (Å²) in [7, 11) is 2.98. The standard InChI is InChI=1S/C18H19NO5/c1-12(17(21)19(2)13-8-5-4-6-9-13)24-18(22)14-10-7-11-15(23-3)16(14)20/h4-12,20H,1-3H3. The fourth-order valence-electron chi connectivity index (χ4n) is 2.18. The number of hydrogen-bond acceptors (Lipinski definition) is 5. The molecule has 2 aromatic rings. The second-order valence-electron chi connectivity index (χ2n) is 5.14. The number of hydrogen-bond donors (Lipinski definition) is 1. The van der Waals surface area contributed by atoms with Gasteiger partial charge in [-0.1, -0.05) is 24.3 Å². The average Bonchev–Trinajstić information content (AvgIpc) is 2.61. The number of rotatable bonds is 5. The maximum Gasteiger partial charge on any atom is 0.342 e. The van der Waals surface area contributed by atoms with Gasteiger partial charge in [0.15, 0.2) is 17.6 Å². The molecule has 1 atom stereocenters. The lowest BCUT2D eigenvalue weighted by atomic mass is 10.2. The van der Waals surface area contributed by atoms with E-state index >= 15 is 0 Å². The maximum atomic E-state index is 12.4. The van der Waals surface area contributed by atoms with Crippen molar-refractivity contribution in [3.8, 4) is 11.5 Å². The molecule has 1 unspecified atom stereocenters. The predicted molar refractivity (Wildman–Crippen MR) is 89.4 cm³/mol. The smallest absolute Gasteiger partial charge is 0.342 e. The predicted octanol–water partition coefficient (Wildman–Crippen LogP) is 2.61. The minimum absolute atomic E-state index is 0.0589. The lowest BCUT2D eigenvalue weighted by molar-refractivity contribution is -0.126. The van der Waals surface area contributed by atoms with Gasteiger partial charge in [0.05, 0.1) is 7.11 Å². The van der Waals surface area contributed by atoms with Crippen molar-refractivity contribution in [1.29, 1.82) is 0 Å². The fourth-order valence-corrected chi connectivity index (χ4v) is 2.18. The van der Waals surface area contributed by atoms with Crippen molar-refractivity contribution in [2.45, 2.75) is 13.0 Å². The number of amides is 1. The zero-order chi connectivity index (χ0) is 17.7. The second-order valence-corrected chi connectivity index (χ2v) is 5.14. The third-order valence-corrected chi connectivity index (χ3v) is 3.54. The Labute approximate surface area is 140 Å². The summed E-state index contributed by atoms with van der Waals surface area (Å²) in [5, 5.41) is 9.98. The molecule has 1 amide bonds. The van der Waals surface area contributed by atoms with Crippen LogP contribution in [0, 0.1) is 0 Å². The Kier molecular flexibility index (Phi) is 5.42. The molecule has 0 bridgehead atoms. The van der Waals surface area contributed by atoms with Crippen molar-refractivity contribution in [2.75, 3.05) is 19.1 Å². The number of carbonyl (C=O) groups excluding carboxylic acids is 2. The molecule has 1 N–H and O–H groups in total. The molecule has 6 nitrogen and oxygen atoms in total. The van der Waals surface area contributed by atoms with Gasteiger partial charge < -0.3 is 19.5 Å². The van der Waals surface area contributed by atoms with Crippen LogP contribution in [0.5, 0.6) is 11.5 Å². The number of para-hydroxylation sites is 2. The van der Waals surface area contributed by atoms with Gasteiger partial charge in [0.2, 0.25) is 0 Å². The zero-order valence-electron chi connectivity index (χ0n) is 13.7. The van der Waals surface area contributed by atoms with Crippen molar-refractivity contribution in [3.05, 3.63) is 54.1 Å². The van der Waals surface area contributed by atoms with E-state index in [0.29, 0.717) is 5.69 Å². The highest BCUT2D eigenvalue weighted by Crippen LogP contribution is 2.30. The number of ether oxygens (including phenoxy) is 2. The van der Waals surface area contributed by atoms with Crippen LogP contribution in [0.2, 0.25) is 0 Å². The van der Waals surface area contributed by atoms with Crippen LogP contribution >= 0.6 is 0 Å². The highest BCUT2D eigenvalue weighted by Gasteiger charge is 2.25. The molecule has 0 aliphatic carbocycles. The quantitative estimate of drug-likeness (QED) is 0.853. The van der Waals surface area contributed by atoms with Crippen LogP contribution in [0.25, 0.3) is 0 Å². The average molecular weight is 329 g/mol. The Hall–Kier alpha value is -3.02. The van der Waals surface area contributed by atoms with Crippen molar-refractivity contribution in [2.24, 2.45) is 0 Å². The maximum absolute atomic E-state index is 12.4. The minimum atomic E-state index is -1.01. The molecular weight excluding hydrogens is 310 g/mol. The summed E-state index contributed by atoms with van der Waals surface area (Å²) < 4.78 is 10.1. The summed E-state index contributed by atoms with van der Waals surface area (Å²) in [4.78, 5) is 26.0. The number of likely N-dealkylation sites (N-methyl/N-ethyl adjacent to an activating group) is 1. The monoisotopic (exact) mass is 329 g/mol. The molecule has 0 aromatic heterocycles. The second kappa shape index (κ2) is 7.50. The van der Waals surface area contributed by atoms with E-state index in [1.165, 1.54) is 31.1 Å². The van der Waals surface area contributed by atoms with Crippen LogP contribution in [0.4, 0.5) is 5.69 Å². The van der Waals surface area contributed by atoms with Crippen LogP contribution in [-0.4, -0.2) is 37.2 Å². The van der Waals surface area contributed by atoms with Crippen molar-refractivity contribution in [1.82, 2.24) is 0 Å². The topological polar surface area (TPSA) is 76.1 Å². The Bertz CT molecular complexity index is 729. The van der Waals surface area contributed by atoms with Gasteiger partial charge >= 0.3 is 5.97 Å². The van der Waals surface area contributed by atoms with E-state index in [9.17, 15) is 14.7 Å². The zero-order valence-corrected chi connectivity index (χ0v) is 13.7. The number of anilines is 1. The number of carbonyl (C=O) groups is 2. The molecular formula is C18H19NO5. The van der Waals surface area contributed by atoms with Crippen molar-refractivity contribution >= 4 is 17.6 Å². The molecule has 0 aliphatic rings. The molecule has 6 heteroatoms. The number of esters is 1. The number of phenols is 1.